The third-order valence-electron chi connectivity index (χ3n) is 3.87. The molecule has 0 aliphatic rings. The van der Waals surface area contributed by atoms with Crippen molar-refractivity contribution in [2.45, 2.75) is 20.3 Å². The van der Waals surface area contributed by atoms with Gasteiger partial charge in [0.05, 0.1) is 25.2 Å². The molecule has 1 N–H and O–H groups in total. The van der Waals surface area contributed by atoms with Crippen molar-refractivity contribution in [3.8, 4) is 11.5 Å². The molecule has 0 radical (unpaired) electrons. The molecule has 2 amide bonds. The molecule has 0 fully saturated rings. The molecule has 2 aromatic rings. The zero-order valence-corrected chi connectivity index (χ0v) is 16.2. The van der Waals surface area contributed by atoms with E-state index in [1.54, 1.807) is 49.3 Å². The Bertz CT molecular complexity index is 785. The summed E-state index contributed by atoms with van der Waals surface area (Å²) in [6.07, 6.45) is 0.328. The molecule has 0 bridgehead atoms. The summed E-state index contributed by atoms with van der Waals surface area (Å²) in [5.41, 5.74) is 1.98. The maximum atomic E-state index is 12.6. The van der Waals surface area contributed by atoms with Crippen LogP contribution in [0, 0.1) is 0 Å². The molecule has 0 saturated carbocycles. The number of anilines is 1. The lowest BCUT2D eigenvalue weighted by Gasteiger charge is -2.13. The molecule has 0 unspecified atom stereocenters. The van der Waals surface area contributed by atoms with E-state index in [9.17, 15) is 9.59 Å². The first-order valence-electron chi connectivity index (χ1n) is 8.94. The molecular formula is C21H26N2O4. The fourth-order valence-corrected chi connectivity index (χ4v) is 2.46. The number of benzene rings is 2. The molecule has 6 heteroatoms. The maximum absolute atomic E-state index is 12.6. The standard InChI is InChI=1S/C21H26N2O4/c1-5-26-17-11-12-18(19(14-17)27-6-2)21(25)22-16-9-7-15(8-10-16)13-20(24)23(3)4/h7-12,14H,5-6,13H2,1-4H3,(H,22,25). The fourth-order valence-electron chi connectivity index (χ4n) is 2.46. The largest absolute Gasteiger partial charge is 0.494 e. The predicted molar refractivity (Wildman–Crippen MR) is 106 cm³/mol. The van der Waals surface area contributed by atoms with Crippen LogP contribution in [0.3, 0.4) is 0 Å². The van der Waals surface area contributed by atoms with Gasteiger partial charge in [-0.1, -0.05) is 12.1 Å². The summed E-state index contributed by atoms with van der Waals surface area (Å²) in [6, 6.07) is 12.4. The molecule has 2 aromatic carbocycles. The van der Waals surface area contributed by atoms with Gasteiger partial charge < -0.3 is 19.7 Å². The Hall–Kier alpha value is -3.02. The Kier molecular flexibility index (Phi) is 7.23. The average molecular weight is 370 g/mol. The number of rotatable bonds is 8. The number of carbonyl (C=O) groups is 2. The quantitative estimate of drug-likeness (QED) is 0.774. The Morgan fingerprint density at radius 1 is 0.963 bits per heavy atom. The average Bonchev–Trinajstić information content (AvgIpc) is 2.64. The highest BCUT2D eigenvalue weighted by Gasteiger charge is 2.14. The topological polar surface area (TPSA) is 67.9 Å². The first-order chi connectivity index (χ1) is 12.9. The lowest BCUT2D eigenvalue weighted by Crippen LogP contribution is -2.23. The van der Waals surface area contributed by atoms with Gasteiger partial charge in [-0.05, 0) is 43.7 Å². The number of hydrogen-bond donors (Lipinski definition) is 1. The van der Waals surface area contributed by atoms with Crippen LogP contribution in [-0.4, -0.2) is 44.0 Å². The number of likely N-dealkylation sites (N-methyl/N-ethyl adjacent to an activating group) is 1. The summed E-state index contributed by atoms with van der Waals surface area (Å²) in [5, 5.41) is 2.86. The monoisotopic (exact) mass is 370 g/mol. The summed E-state index contributed by atoms with van der Waals surface area (Å²) in [4.78, 5) is 26.0. The van der Waals surface area contributed by atoms with Crippen molar-refractivity contribution < 1.29 is 19.1 Å². The second-order valence-corrected chi connectivity index (χ2v) is 6.14. The number of amides is 2. The molecule has 0 saturated heterocycles. The van der Waals surface area contributed by atoms with Gasteiger partial charge in [0.2, 0.25) is 5.91 Å². The number of ether oxygens (including phenoxy) is 2. The van der Waals surface area contributed by atoms with E-state index in [0.717, 1.165) is 5.56 Å². The van der Waals surface area contributed by atoms with Gasteiger partial charge in [0.25, 0.3) is 5.91 Å². The van der Waals surface area contributed by atoms with Crippen molar-refractivity contribution >= 4 is 17.5 Å². The number of nitrogens with one attached hydrogen (secondary N) is 1. The van der Waals surface area contributed by atoms with Crippen molar-refractivity contribution in [3.05, 3.63) is 53.6 Å². The minimum Gasteiger partial charge on any atom is -0.494 e. The number of carbonyl (C=O) groups excluding carboxylic acids is 2. The van der Waals surface area contributed by atoms with Crippen LogP contribution in [0.1, 0.15) is 29.8 Å². The number of nitrogens with zero attached hydrogens (tertiary/aromatic N) is 1. The van der Waals surface area contributed by atoms with Crippen LogP contribution in [0.5, 0.6) is 11.5 Å². The van der Waals surface area contributed by atoms with Crippen molar-refractivity contribution in [2.75, 3.05) is 32.6 Å². The summed E-state index contributed by atoms with van der Waals surface area (Å²) >= 11 is 0. The minimum atomic E-state index is -0.265. The first-order valence-corrected chi connectivity index (χ1v) is 8.94. The van der Waals surface area contributed by atoms with E-state index >= 15 is 0 Å². The van der Waals surface area contributed by atoms with Crippen LogP contribution in [0.15, 0.2) is 42.5 Å². The first kappa shape index (κ1) is 20.3. The SMILES string of the molecule is CCOc1ccc(C(=O)Nc2ccc(CC(=O)N(C)C)cc2)c(OCC)c1. The molecular weight excluding hydrogens is 344 g/mol. The van der Waals surface area contributed by atoms with Crippen LogP contribution in [0.2, 0.25) is 0 Å². The van der Waals surface area contributed by atoms with E-state index in [1.165, 1.54) is 0 Å². The fraction of sp³-hybridized carbons (Fsp3) is 0.333. The molecule has 0 spiro atoms. The van der Waals surface area contributed by atoms with Crippen molar-refractivity contribution in [1.82, 2.24) is 4.90 Å². The van der Waals surface area contributed by atoms with Gasteiger partial charge in [-0.3, -0.25) is 9.59 Å². The minimum absolute atomic E-state index is 0.0301. The summed E-state index contributed by atoms with van der Waals surface area (Å²) in [5.74, 6) is 0.905. The molecule has 0 aromatic heterocycles. The van der Waals surface area contributed by atoms with Crippen molar-refractivity contribution in [1.29, 1.82) is 0 Å². The normalized spacial score (nSPS) is 10.2. The van der Waals surface area contributed by atoms with E-state index in [4.69, 9.17) is 9.47 Å². The zero-order valence-electron chi connectivity index (χ0n) is 16.2. The van der Waals surface area contributed by atoms with Gasteiger partial charge in [-0.2, -0.15) is 0 Å². The van der Waals surface area contributed by atoms with E-state index in [2.05, 4.69) is 5.32 Å². The van der Waals surface area contributed by atoms with E-state index < -0.39 is 0 Å². The van der Waals surface area contributed by atoms with Gasteiger partial charge >= 0.3 is 0 Å². The molecule has 0 aliphatic heterocycles. The van der Waals surface area contributed by atoms with E-state index in [-0.39, 0.29) is 11.8 Å². The van der Waals surface area contributed by atoms with Crippen LogP contribution in [-0.2, 0) is 11.2 Å². The van der Waals surface area contributed by atoms with Gasteiger partial charge in [0, 0.05) is 25.8 Å². The third kappa shape index (κ3) is 5.74. The highest BCUT2D eigenvalue weighted by molar-refractivity contribution is 6.06. The summed E-state index contributed by atoms with van der Waals surface area (Å²) < 4.78 is 11.0. The maximum Gasteiger partial charge on any atom is 0.259 e. The second-order valence-electron chi connectivity index (χ2n) is 6.14. The lowest BCUT2D eigenvalue weighted by atomic mass is 10.1. The second kappa shape index (κ2) is 9.62. The van der Waals surface area contributed by atoms with E-state index in [1.807, 2.05) is 26.0 Å². The van der Waals surface area contributed by atoms with Crippen molar-refractivity contribution in [2.24, 2.45) is 0 Å². The Labute approximate surface area is 160 Å². The van der Waals surface area contributed by atoms with Crippen LogP contribution in [0.4, 0.5) is 5.69 Å². The highest BCUT2D eigenvalue weighted by Crippen LogP contribution is 2.26. The molecule has 0 heterocycles. The van der Waals surface area contributed by atoms with Crippen LogP contribution >= 0.6 is 0 Å². The Morgan fingerprint density at radius 2 is 1.63 bits per heavy atom. The van der Waals surface area contributed by atoms with Gasteiger partial charge in [0.15, 0.2) is 0 Å². The third-order valence-corrected chi connectivity index (χ3v) is 3.87. The molecule has 27 heavy (non-hydrogen) atoms. The molecule has 0 atom stereocenters. The highest BCUT2D eigenvalue weighted by atomic mass is 16.5. The molecule has 144 valence electrons. The summed E-state index contributed by atoms with van der Waals surface area (Å²) in [6.45, 7) is 4.75. The van der Waals surface area contributed by atoms with Gasteiger partial charge in [-0.15, -0.1) is 0 Å². The van der Waals surface area contributed by atoms with Crippen molar-refractivity contribution in [3.63, 3.8) is 0 Å². The Morgan fingerprint density at radius 3 is 2.22 bits per heavy atom. The van der Waals surface area contributed by atoms with Gasteiger partial charge in [0.1, 0.15) is 11.5 Å². The van der Waals surface area contributed by atoms with Crippen LogP contribution < -0.4 is 14.8 Å². The zero-order chi connectivity index (χ0) is 19.8. The van der Waals surface area contributed by atoms with Crippen LogP contribution in [0.25, 0.3) is 0 Å². The lowest BCUT2D eigenvalue weighted by molar-refractivity contribution is -0.127. The predicted octanol–water partition coefficient (Wildman–Crippen LogP) is 3.37. The smallest absolute Gasteiger partial charge is 0.259 e. The molecule has 6 nitrogen and oxygen atoms in total. The number of hydrogen-bond acceptors (Lipinski definition) is 4. The van der Waals surface area contributed by atoms with E-state index in [0.29, 0.717) is 42.4 Å². The van der Waals surface area contributed by atoms with Gasteiger partial charge in [-0.25, -0.2) is 0 Å². The molecule has 0 aliphatic carbocycles. The molecule has 2 rings (SSSR count). The Balaban J connectivity index is 2.11. The summed E-state index contributed by atoms with van der Waals surface area (Å²) in [7, 11) is 3.45.